The van der Waals surface area contributed by atoms with Gasteiger partial charge in [-0.15, -0.1) is 15.3 Å². The highest BCUT2D eigenvalue weighted by Crippen LogP contribution is 2.41. The Morgan fingerprint density at radius 2 is 1.86 bits per heavy atom. The van der Waals surface area contributed by atoms with Crippen LogP contribution in [0.4, 0.5) is 8.78 Å². The van der Waals surface area contributed by atoms with E-state index < -0.39 is 17.5 Å². The maximum atomic E-state index is 13.2. The number of halogens is 3. The SMILES string of the molecule is FC(F)(Cl)c1nnc2sc(C3Oc4ccccc4O3)nn12. The average molecular weight is 331 g/mol. The fourth-order valence-corrected chi connectivity index (χ4v) is 2.82. The van der Waals surface area contributed by atoms with Crippen LogP contribution in [0.25, 0.3) is 4.96 Å². The van der Waals surface area contributed by atoms with Crippen molar-refractivity contribution in [2.45, 2.75) is 11.7 Å². The van der Waals surface area contributed by atoms with Crippen LogP contribution in [-0.4, -0.2) is 19.8 Å². The largest absolute Gasteiger partial charge is 0.444 e. The molecule has 0 radical (unpaired) electrons. The van der Waals surface area contributed by atoms with Crippen molar-refractivity contribution in [1.29, 1.82) is 0 Å². The lowest BCUT2D eigenvalue weighted by Gasteiger charge is -2.05. The number of hydrogen-bond donors (Lipinski definition) is 0. The van der Waals surface area contributed by atoms with Crippen molar-refractivity contribution < 1.29 is 18.3 Å². The van der Waals surface area contributed by atoms with E-state index in [2.05, 4.69) is 15.3 Å². The number of fused-ring (bicyclic) bond motifs is 2. The number of hydrogen-bond acceptors (Lipinski definition) is 6. The minimum atomic E-state index is -3.65. The Kier molecular flexibility index (Phi) is 2.57. The summed E-state index contributed by atoms with van der Waals surface area (Å²) in [5.41, 5.74) is 0. The number of benzene rings is 1. The minimum absolute atomic E-state index is 0.184. The highest BCUT2D eigenvalue weighted by Gasteiger charge is 2.37. The van der Waals surface area contributed by atoms with Crippen LogP contribution in [0.3, 0.4) is 0 Å². The fourth-order valence-electron chi connectivity index (χ4n) is 1.90. The van der Waals surface area contributed by atoms with Crippen molar-refractivity contribution in [3.8, 4) is 11.5 Å². The molecule has 0 unspecified atom stereocenters. The predicted octanol–water partition coefficient (Wildman–Crippen LogP) is 2.94. The smallest absolute Gasteiger partial charge is 0.383 e. The van der Waals surface area contributed by atoms with E-state index in [1.165, 1.54) is 0 Å². The second-order valence-corrected chi connectivity index (χ2v) is 5.63. The maximum Gasteiger partial charge on any atom is 0.383 e. The second kappa shape index (κ2) is 4.25. The van der Waals surface area contributed by atoms with Crippen molar-refractivity contribution in [3.05, 3.63) is 35.1 Å². The van der Waals surface area contributed by atoms with Crippen molar-refractivity contribution in [2.24, 2.45) is 0 Å². The Hall–Kier alpha value is -2.00. The van der Waals surface area contributed by atoms with Gasteiger partial charge in [-0.25, -0.2) is 0 Å². The normalized spacial score (nSPS) is 15.0. The molecule has 21 heavy (non-hydrogen) atoms. The number of aromatic nitrogens is 4. The molecule has 1 aromatic carbocycles. The second-order valence-electron chi connectivity index (χ2n) is 4.17. The van der Waals surface area contributed by atoms with Crippen LogP contribution in [0.5, 0.6) is 11.5 Å². The van der Waals surface area contributed by atoms with E-state index in [0.29, 0.717) is 16.5 Å². The monoisotopic (exact) mass is 330 g/mol. The van der Waals surface area contributed by atoms with Gasteiger partial charge in [-0.2, -0.15) is 13.3 Å². The molecule has 3 aromatic rings. The molecule has 2 aromatic heterocycles. The molecule has 3 heterocycles. The molecule has 1 aliphatic rings. The lowest BCUT2D eigenvalue weighted by atomic mass is 10.3. The summed E-state index contributed by atoms with van der Waals surface area (Å²) in [7, 11) is 0. The van der Waals surface area contributed by atoms with Gasteiger partial charge in [0.1, 0.15) is 0 Å². The molecule has 0 amide bonds. The van der Waals surface area contributed by atoms with E-state index in [1.54, 1.807) is 24.3 Å². The molecule has 0 N–H and O–H groups in total. The first-order valence-electron chi connectivity index (χ1n) is 5.74. The molecule has 0 fully saturated rings. The van der Waals surface area contributed by atoms with Gasteiger partial charge in [-0.05, 0) is 23.7 Å². The zero-order chi connectivity index (χ0) is 14.6. The Morgan fingerprint density at radius 1 is 1.19 bits per heavy atom. The molecule has 0 atom stereocenters. The summed E-state index contributed by atoms with van der Waals surface area (Å²) in [6.07, 6.45) is -0.800. The quantitative estimate of drug-likeness (QED) is 0.676. The number of nitrogens with zero attached hydrogens (tertiary/aromatic N) is 4. The van der Waals surface area contributed by atoms with Crippen LogP contribution in [0.2, 0.25) is 0 Å². The molecule has 1 aliphatic heterocycles. The lowest BCUT2D eigenvalue weighted by molar-refractivity contribution is 0.0468. The molecular formula is C11H5ClF2N4O2S. The first kappa shape index (κ1) is 12.7. The van der Waals surface area contributed by atoms with Gasteiger partial charge in [0.2, 0.25) is 10.8 Å². The van der Waals surface area contributed by atoms with Gasteiger partial charge in [0.25, 0.3) is 6.29 Å². The average Bonchev–Trinajstić information content (AvgIpc) is 3.09. The Labute approximate surface area is 124 Å². The number of rotatable bonds is 2. The first-order chi connectivity index (χ1) is 10.0. The van der Waals surface area contributed by atoms with Crippen molar-refractivity contribution in [1.82, 2.24) is 19.8 Å². The van der Waals surface area contributed by atoms with Gasteiger partial charge in [-0.3, -0.25) is 0 Å². The Morgan fingerprint density at radius 3 is 2.48 bits per heavy atom. The summed E-state index contributed by atoms with van der Waals surface area (Å²) >= 11 is 6.00. The number of alkyl halides is 3. The van der Waals surface area contributed by atoms with Gasteiger partial charge in [0, 0.05) is 0 Å². The molecule has 0 saturated carbocycles. The highest BCUT2D eigenvalue weighted by atomic mass is 35.5. The van der Waals surface area contributed by atoms with E-state index in [-0.39, 0.29) is 4.96 Å². The molecule has 4 rings (SSSR count). The zero-order valence-electron chi connectivity index (χ0n) is 10.0. The molecule has 108 valence electrons. The van der Waals surface area contributed by atoms with Crippen molar-refractivity contribution in [3.63, 3.8) is 0 Å². The summed E-state index contributed by atoms with van der Waals surface area (Å²) in [6.45, 7) is 0. The molecular weight excluding hydrogens is 326 g/mol. The fraction of sp³-hybridized carbons (Fsp3) is 0.182. The summed E-state index contributed by atoms with van der Waals surface area (Å²) in [5.74, 6) is 0.393. The lowest BCUT2D eigenvalue weighted by Crippen LogP contribution is -2.12. The van der Waals surface area contributed by atoms with Gasteiger partial charge in [-0.1, -0.05) is 23.5 Å². The molecule has 0 spiro atoms. The molecule has 0 bridgehead atoms. The van der Waals surface area contributed by atoms with E-state index in [0.717, 1.165) is 15.9 Å². The summed E-state index contributed by atoms with van der Waals surface area (Å²) in [5, 5.41) is 7.65. The molecule has 0 saturated heterocycles. The van der Waals surface area contributed by atoms with Crippen LogP contribution in [-0.2, 0) is 5.38 Å². The maximum absolute atomic E-state index is 13.2. The standard InChI is InChI=1S/C11H5ClF2N4O2S/c12-11(13,14)9-15-16-10-18(9)17-7(21-10)8-19-5-3-1-2-4-6(5)20-8/h1-4,8H. The van der Waals surface area contributed by atoms with Gasteiger partial charge < -0.3 is 9.47 Å². The zero-order valence-corrected chi connectivity index (χ0v) is 11.6. The summed E-state index contributed by atoms with van der Waals surface area (Å²) in [4.78, 5) is 0.184. The van der Waals surface area contributed by atoms with E-state index >= 15 is 0 Å². The third-order valence-corrected chi connectivity index (χ3v) is 3.87. The van der Waals surface area contributed by atoms with Gasteiger partial charge in [0.15, 0.2) is 16.5 Å². The number of para-hydroxylation sites is 2. The molecule has 10 heteroatoms. The first-order valence-corrected chi connectivity index (χ1v) is 6.93. The summed E-state index contributed by atoms with van der Waals surface area (Å²) in [6, 6.07) is 7.09. The Balaban J connectivity index is 1.72. The minimum Gasteiger partial charge on any atom is -0.444 e. The third-order valence-electron chi connectivity index (χ3n) is 2.78. The predicted molar refractivity (Wildman–Crippen MR) is 68.8 cm³/mol. The molecule has 0 aliphatic carbocycles. The van der Waals surface area contributed by atoms with Crippen LogP contribution in [0.1, 0.15) is 17.1 Å². The van der Waals surface area contributed by atoms with E-state index in [9.17, 15) is 8.78 Å². The van der Waals surface area contributed by atoms with Gasteiger partial charge in [0.05, 0.1) is 0 Å². The summed E-state index contributed by atoms with van der Waals surface area (Å²) < 4.78 is 38.3. The van der Waals surface area contributed by atoms with Crippen LogP contribution in [0.15, 0.2) is 24.3 Å². The van der Waals surface area contributed by atoms with Crippen LogP contribution < -0.4 is 9.47 Å². The molecule has 6 nitrogen and oxygen atoms in total. The van der Waals surface area contributed by atoms with Gasteiger partial charge >= 0.3 is 5.38 Å². The van der Waals surface area contributed by atoms with Crippen molar-refractivity contribution in [2.75, 3.05) is 0 Å². The topological polar surface area (TPSA) is 61.5 Å². The third kappa shape index (κ3) is 2.00. The van der Waals surface area contributed by atoms with E-state index in [4.69, 9.17) is 21.1 Å². The number of ether oxygens (including phenoxy) is 2. The Bertz CT molecular complexity index is 806. The van der Waals surface area contributed by atoms with Crippen LogP contribution >= 0.6 is 22.9 Å². The van der Waals surface area contributed by atoms with E-state index in [1.807, 2.05) is 0 Å². The highest BCUT2D eigenvalue weighted by molar-refractivity contribution is 7.16. The van der Waals surface area contributed by atoms with Crippen LogP contribution in [0, 0.1) is 0 Å². The van der Waals surface area contributed by atoms with Crippen molar-refractivity contribution >= 4 is 27.9 Å².